The number of aliphatic carboxylic acids is 2. The highest BCUT2D eigenvalue weighted by molar-refractivity contribution is 5.89. The Morgan fingerprint density at radius 1 is 1.16 bits per heavy atom. The van der Waals surface area contributed by atoms with Crippen LogP contribution in [0.4, 0.5) is 5.69 Å². The van der Waals surface area contributed by atoms with E-state index in [4.69, 9.17) is 14.9 Å². The third-order valence-electron chi connectivity index (χ3n) is 2.86. The normalized spacial score (nSPS) is 10.3. The van der Waals surface area contributed by atoms with Gasteiger partial charge >= 0.3 is 11.9 Å². The van der Waals surface area contributed by atoms with Crippen LogP contribution in [-0.4, -0.2) is 46.0 Å². The minimum atomic E-state index is -1.26. The van der Waals surface area contributed by atoms with Crippen molar-refractivity contribution >= 4 is 23.7 Å². The average molecular weight is 345 g/mol. The van der Waals surface area contributed by atoms with Crippen molar-refractivity contribution in [1.82, 2.24) is 9.66 Å². The van der Waals surface area contributed by atoms with Crippen molar-refractivity contribution in [3.8, 4) is 0 Å². The summed E-state index contributed by atoms with van der Waals surface area (Å²) < 4.78 is 6.97. The summed E-state index contributed by atoms with van der Waals surface area (Å²) in [5.41, 5.74) is 2.12. The van der Waals surface area contributed by atoms with Crippen molar-refractivity contribution in [3.63, 3.8) is 0 Å². The van der Waals surface area contributed by atoms with E-state index in [2.05, 4.69) is 4.98 Å². The molecule has 2 N–H and O–H groups in total. The summed E-state index contributed by atoms with van der Waals surface area (Å²) in [6.07, 6.45) is 10.2. The lowest BCUT2D eigenvalue weighted by atomic mass is 10.4. The Bertz CT molecular complexity index is 722. The molecule has 0 aliphatic carbocycles. The SMILES string of the molecule is CO/C=C/c1cccn1N(C)c1ccncc1.O=C(O)/C=C\C(=O)O. The van der Waals surface area contributed by atoms with Crippen LogP contribution in [-0.2, 0) is 14.3 Å². The van der Waals surface area contributed by atoms with Crippen molar-refractivity contribution in [1.29, 1.82) is 0 Å². The molecular formula is C17H19N3O5. The van der Waals surface area contributed by atoms with Gasteiger partial charge < -0.3 is 14.9 Å². The van der Waals surface area contributed by atoms with E-state index in [-0.39, 0.29) is 0 Å². The number of hydrogen-bond acceptors (Lipinski definition) is 5. The summed E-state index contributed by atoms with van der Waals surface area (Å²) in [4.78, 5) is 23.1. The molecule has 0 bridgehead atoms. The van der Waals surface area contributed by atoms with Gasteiger partial charge in [0.2, 0.25) is 0 Å². The Morgan fingerprint density at radius 2 is 1.76 bits per heavy atom. The van der Waals surface area contributed by atoms with E-state index < -0.39 is 11.9 Å². The van der Waals surface area contributed by atoms with E-state index in [0.29, 0.717) is 12.2 Å². The molecule has 0 aliphatic rings. The van der Waals surface area contributed by atoms with Crippen LogP contribution in [0.25, 0.3) is 6.08 Å². The van der Waals surface area contributed by atoms with Gasteiger partial charge in [-0.2, -0.15) is 0 Å². The van der Waals surface area contributed by atoms with Crippen LogP contribution in [0.3, 0.4) is 0 Å². The van der Waals surface area contributed by atoms with Crippen LogP contribution in [0.2, 0.25) is 0 Å². The summed E-state index contributed by atoms with van der Waals surface area (Å²) in [5, 5.41) is 17.7. The number of hydrogen-bond donors (Lipinski definition) is 2. The molecule has 0 fully saturated rings. The van der Waals surface area contributed by atoms with Crippen molar-refractivity contribution in [3.05, 3.63) is 67.0 Å². The maximum Gasteiger partial charge on any atom is 0.328 e. The fourth-order valence-corrected chi connectivity index (χ4v) is 1.76. The molecule has 0 saturated heterocycles. The summed E-state index contributed by atoms with van der Waals surface area (Å²) in [6.45, 7) is 0. The van der Waals surface area contributed by atoms with Crippen LogP contribution in [0, 0.1) is 0 Å². The summed E-state index contributed by atoms with van der Waals surface area (Å²) >= 11 is 0. The first kappa shape index (κ1) is 19.5. The fourth-order valence-electron chi connectivity index (χ4n) is 1.76. The van der Waals surface area contributed by atoms with Gasteiger partial charge in [0, 0.05) is 37.8 Å². The second-order valence-corrected chi connectivity index (χ2v) is 4.55. The van der Waals surface area contributed by atoms with Gasteiger partial charge in [0.1, 0.15) is 0 Å². The van der Waals surface area contributed by atoms with Gasteiger partial charge in [0.15, 0.2) is 0 Å². The van der Waals surface area contributed by atoms with Crippen molar-refractivity contribution in [2.75, 3.05) is 19.2 Å². The Labute approximate surface area is 144 Å². The molecule has 8 heteroatoms. The third-order valence-corrected chi connectivity index (χ3v) is 2.86. The zero-order valence-electron chi connectivity index (χ0n) is 13.8. The second-order valence-electron chi connectivity index (χ2n) is 4.55. The molecule has 0 saturated carbocycles. The van der Waals surface area contributed by atoms with E-state index in [0.717, 1.165) is 11.4 Å². The molecule has 0 aliphatic heterocycles. The molecule has 8 nitrogen and oxygen atoms in total. The molecule has 0 radical (unpaired) electrons. The van der Waals surface area contributed by atoms with Crippen LogP contribution >= 0.6 is 0 Å². The van der Waals surface area contributed by atoms with Gasteiger partial charge in [-0.15, -0.1) is 0 Å². The Kier molecular flexibility index (Phi) is 8.01. The highest BCUT2D eigenvalue weighted by Crippen LogP contribution is 2.14. The minimum Gasteiger partial charge on any atom is -0.504 e. The Morgan fingerprint density at radius 3 is 2.28 bits per heavy atom. The van der Waals surface area contributed by atoms with Crippen LogP contribution in [0.1, 0.15) is 5.69 Å². The largest absolute Gasteiger partial charge is 0.504 e. The van der Waals surface area contributed by atoms with Gasteiger partial charge in [-0.05, 0) is 30.3 Å². The first-order chi connectivity index (χ1) is 12.0. The molecule has 2 aromatic heterocycles. The van der Waals surface area contributed by atoms with E-state index in [1.807, 2.05) is 53.3 Å². The van der Waals surface area contributed by atoms with E-state index in [1.165, 1.54) is 0 Å². The topological polar surface area (TPSA) is 105 Å². The molecule has 0 amide bonds. The number of carboxylic acids is 2. The maximum atomic E-state index is 9.55. The lowest BCUT2D eigenvalue weighted by molar-refractivity contribution is -0.134. The molecule has 0 aromatic carbocycles. The molecule has 2 aromatic rings. The molecule has 25 heavy (non-hydrogen) atoms. The van der Waals surface area contributed by atoms with E-state index >= 15 is 0 Å². The maximum absolute atomic E-state index is 9.55. The molecule has 0 spiro atoms. The van der Waals surface area contributed by atoms with Crippen LogP contribution in [0.15, 0.2) is 61.3 Å². The Hall–Kier alpha value is -3.55. The first-order valence-corrected chi connectivity index (χ1v) is 7.10. The predicted molar refractivity (Wildman–Crippen MR) is 92.9 cm³/mol. The quantitative estimate of drug-likeness (QED) is 0.610. The zero-order chi connectivity index (χ0) is 18.7. The number of ether oxygens (including phenoxy) is 1. The van der Waals surface area contributed by atoms with Crippen LogP contribution < -0.4 is 5.01 Å². The van der Waals surface area contributed by atoms with E-state index in [9.17, 15) is 9.59 Å². The van der Waals surface area contributed by atoms with Gasteiger partial charge in [0.25, 0.3) is 0 Å². The highest BCUT2D eigenvalue weighted by Gasteiger charge is 2.04. The lowest BCUT2D eigenvalue weighted by Crippen LogP contribution is -2.24. The molecule has 2 heterocycles. The van der Waals surface area contributed by atoms with E-state index in [1.54, 1.807) is 25.8 Å². The van der Waals surface area contributed by atoms with Gasteiger partial charge in [0.05, 0.1) is 24.8 Å². The van der Waals surface area contributed by atoms with Crippen molar-refractivity contribution in [2.24, 2.45) is 0 Å². The second kappa shape index (κ2) is 10.3. The third kappa shape index (κ3) is 7.04. The number of anilines is 1. The standard InChI is InChI=1S/C13H15N3O.C4H4O4/c1-15(12-5-8-14-9-6-12)16-10-3-4-13(16)7-11-17-2;5-3(6)1-2-4(7)8/h3-11H,1-2H3;1-2H,(H,5,6)(H,7,8)/b11-7+;2-1-. The summed E-state index contributed by atoms with van der Waals surface area (Å²) in [6, 6.07) is 7.94. The van der Waals surface area contributed by atoms with Gasteiger partial charge in [-0.3, -0.25) is 14.7 Å². The number of carbonyl (C=O) groups is 2. The summed E-state index contributed by atoms with van der Waals surface area (Å²) in [5.74, 6) is -2.51. The molecule has 2 rings (SSSR count). The Balaban J connectivity index is 0.000000333. The average Bonchev–Trinajstić information content (AvgIpc) is 3.07. The first-order valence-electron chi connectivity index (χ1n) is 7.10. The lowest BCUT2D eigenvalue weighted by Gasteiger charge is -2.22. The monoisotopic (exact) mass is 345 g/mol. The van der Waals surface area contributed by atoms with Crippen molar-refractivity contribution < 1.29 is 24.5 Å². The summed E-state index contributed by atoms with van der Waals surface area (Å²) in [7, 11) is 3.63. The highest BCUT2D eigenvalue weighted by atomic mass is 16.5. The number of pyridine rings is 1. The fraction of sp³-hybridized carbons (Fsp3) is 0.118. The number of carboxylic acid groups (broad SMARTS) is 2. The minimum absolute atomic E-state index is 0.558. The predicted octanol–water partition coefficient (Wildman–Crippen LogP) is 2.11. The number of nitrogens with zero attached hydrogens (tertiary/aromatic N) is 3. The number of aromatic nitrogens is 2. The number of rotatable bonds is 6. The zero-order valence-corrected chi connectivity index (χ0v) is 13.8. The molecular weight excluding hydrogens is 326 g/mol. The smallest absolute Gasteiger partial charge is 0.328 e. The molecule has 0 atom stereocenters. The molecule has 0 unspecified atom stereocenters. The van der Waals surface area contributed by atoms with Gasteiger partial charge in [-0.1, -0.05) is 0 Å². The number of methoxy groups -OCH3 is 1. The van der Waals surface area contributed by atoms with Crippen LogP contribution in [0.5, 0.6) is 0 Å². The van der Waals surface area contributed by atoms with Crippen molar-refractivity contribution in [2.45, 2.75) is 0 Å². The van der Waals surface area contributed by atoms with Gasteiger partial charge in [-0.25, -0.2) is 9.59 Å². The molecule has 132 valence electrons.